The van der Waals surface area contributed by atoms with Gasteiger partial charge in [0.05, 0.1) is 11.4 Å². The Morgan fingerprint density at radius 3 is 2.59 bits per heavy atom. The van der Waals surface area contributed by atoms with Crippen molar-refractivity contribution in [1.82, 2.24) is 25.0 Å². The molecule has 0 radical (unpaired) electrons. The van der Waals surface area contributed by atoms with Crippen molar-refractivity contribution in [2.24, 2.45) is 0 Å². The second-order valence-electron chi connectivity index (χ2n) is 4.08. The summed E-state index contributed by atoms with van der Waals surface area (Å²) >= 11 is 1.67. The third kappa shape index (κ3) is 3.28. The van der Waals surface area contributed by atoms with Crippen molar-refractivity contribution in [3.63, 3.8) is 0 Å². The van der Waals surface area contributed by atoms with Crippen molar-refractivity contribution in [3.8, 4) is 5.69 Å². The van der Waals surface area contributed by atoms with E-state index in [0.717, 1.165) is 17.4 Å². The molecule has 3 aromatic rings. The molecule has 0 aliphatic heterocycles. The lowest BCUT2D eigenvalue weighted by molar-refractivity contribution is -0.138. The van der Waals surface area contributed by atoms with Crippen LogP contribution in [0.15, 0.2) is 41.0 Å². The summed E-state index contributed by atoms with van der Waals surface area (Å²) in [6.07, 6.45) is -3.05. The maximum atomic E-state index is 12.5. The van der Waals surface area contributed by atoms with Gasteiger partial charge in [-0.25, -0.2) is 9.67 Å². The fourth-order valence-electron chi connectivity index (χ4n) is 1.66. The van der Waals surface area contributed by atoms with Gasteiger partial charge in [-0.05, 0) is 12.1 Å². The van der Waals surface area contributed by atoms with E-state index in [9.17, 15) is 13.2 Å². The molecular formula is C12H8F3N5S2. The molecule has 2 heterocycles. The topological polar surface area (TPSA) is 56.5 Å². The van der Waals surface area contributed by atoms with E-state index < -0.39 is 11.2 Å². The Bertz CT molecular complexity index is 753. The highest BCUT2D eigenvalue weighted by atomic mass is 32.2. The third-order valence-corrected chi connectivity index (χ3v) is 4.69. The first-order valence-corrected chi connectivity index (χ1v) is 7.82. The van der Waals surface area contributed by atoms with Crippen molar-refractivity contribution in [2.75, 3.05) is 0 Å². The van der Waals surface area contributed by atoms with E-state index in [0.29, 0.717) is 22.9 Å². The summed E-state index contributed by atoms with van der Waals surface area (Å²) in [4.78, 5) is 4.13. The van der Waals surface area contributed by atoms with Gasteiger partial charge in [0.25, 0.3) is 0 Å². The zero-order chi connectivity index (χ0) is 15.6. The van der Waals surface area contributed by atoms with Crippen molar-refractivity contribution in [2.45, 2.75) is 16.3 Å². The van der Waals surface area contributed by atoms with E-state index in [-0.39, 0.29) is 4.34 Å². The normalized spacial score (nSPS) is 11.8. The van der Waals surface area contributed by atoms with Gasteiger partial charge in [-0.3, -0.25) is 0 Å². The molecule has 0 amide bonds. The minimum absolute atomic E-state index is 0.245. The summed E-state index contributed by atoms with van der Waals surface area (Å²) < 4.78 is 39.3. The summed E-state index contributed by atoms with van der Waals surface area (Å²) in [7, 11) is 0. The molecule has 2 aromatic heterocycles. The highest BCUT2D eigenvalue weighted by molar-refractivity contribution is 8.00. The maximum Gasteiger partial charge on any atom is 0.445 e. The van der Waals surface area contributed by atoms with E-state index in [4.69, 9.17) is 0 Å². The summed E-state index contributed by atoms with van der Waals surface area (Å²) in [5.41, 5.74) is 0.837. The van der Waals surface area contributed by atoms with Gasteiger partial charge in [-0.15, -0.1) is 10.2 Å². The average molecular weight is 343 g/mol. The number of aromatic nitrogens is 5. The van der Waals surface area contributed by atoms with Crippen LogP contribution in [-0.4, -0.2) is 25.0 Å². The smallest absolute Gasteiger partial charge is 0.219 e. The standard InChI is InChI=1S/C12H8F3N5S2/c13-12(14,15)10-18-19-11(22-10)21-6-9-16-7-17-20(9)8-4-2-1-3-5-8/h1-5,7H,6H2. The van der Waals surface area contributed by atoms with Gasteiger partial charge < -0.3 is 0 Å². The fourth-order valence-corrected chi connectivity index (χ4v) is 3.30. The van der Waals surface area contributed by atoms with E-state index in [1.165, 1.54) is 6.33 Å². The molecule has 22 heavy (non-hydrogen) atoms. The van der Waals surface area contributed by atoms with Gasteiger partial charge in [0, 0.05) is 0 Å². The quantitative estimate of drug-likeness (QED) is 0.679. The molecule has 5 nitrogen and oxygen atoms in total. The number of halogens is 3. The molecule has 0 unspecified atom stereocenters. The fraction of sp³-hybridized carbons (Fsp3) is 0.167. The Morgan fingerprint density at radius 1 is 1.14 bits per heavy atom. The molecule has 114 valence electrons. The van der Waals surface area contributed by atoms with E-state index in [1.807, 2.05) is 30.3 Å². The molecule has 0 bridgehead atoms. The zero-order valence-electron chi connectivity index (χ0n) is 10.9. The molecule has 1 aromatic carbocycles. The Balaban J connectivity index is 1.73. The number of hydrogen-bond acceptors (Lipinski definition) is 6. The SMILES string of the molecule is FC(F)(F)c1nnc(SCc2ncnn2-c2ccccc2)s1. The molecular weight excluding hydrogens is 335 g/mol. The molecule has 0 N–H and O–H groups in total. The predicted molar refractivity (Wildman–Crippen MR) is 75.8 cm³/mol. The van der Waals surface area contributed by atoms with Crippen molar-refractivity contribution in [3.05, 3.63) is 47.5 Å². The number of thioether (sulfide) groups is 1. The lowest BCUT2D eigenvalue weighted by atomic mass is 10.3. The van der Waals surface area contributed by atoms with Crippen LogP contribution in [0.4, 0.5) is 13.2 Å². The lowest BCUT2D eigenvalue weighted by Crippen LogP contribution is -2.03. The number of benzene rings is 1. The molecule has 3 rings (SSSR count). The van der Waals surface area contributed by atoms with Crippen LogP contribution in [0.25, 0.3) is 5.69 Å². The van der Waals surface area contributed by atoms with Crippen LogP contribution in [0.3, 0.4) is 0 Å². The number of para-hydroxylation sites is 1. The molecule has 10 heteroatoms. The van der Waals surface area contributed by atoms with Crippen LogP contribution in [-0.2, 0) is 11.9 Å². The molecule has 0 atom stereocenters. The van der Waals surface area contributed by atoms with Gasteiger partial charge in [0.15, 0.2) is 4.34 Å². The van der Waals surface area contributed by atoms with Crippen LogP contribution in [0, 0.1) is 0 Å². The summed E-state index contributed by atoms with van der Waals surface area (Å²) in [5, 5.41) is 9.86. The number of alkyl halides is 3. The van der Waals surface area contributed by atoms with Crippen molar-refractivity contribution < 1.29 is 13.2 Å². The number of rotatable bonds is 4. The molecule has 0 saturated carbocycles. The Morgan fingerprint density at radius 2 is 1.91 bits per heavy atom. The minimum Gasteiger partial charge on any atom is -0.219 e. The third-order valence-electron chi connectivity index (χ3n) is 2.59. The molecule has 0 aliphatic carbocycles. The Hall–Kier alpha value is -1.94. The summed E-state index contributed by atoms with van der Waals surface area (Å²) in [5.74, 6) is 0.974. The van der Waals surface area contributed by atoms with Crippen LogP contribution >= 0.6 is 23.1 Å². The van der Waals surface area contributed by atoms with Crippen molar-refractivity contribution >= 4 is 23.1 Å². The molecule has 0 spiro atoms. The van der Waals surface area contributed by atoms with E-state index >= 15 is 0 Å². The monoisotopic (exact) mass is 343 g/mol. The highest BCUT2D eigenvalue weighted by Gasteiger charge is 2.35. The van der Waals surface area contributed by atoms with E-state index in [2.05, 4.69) is 20.3 Å². The molecule has 0 saturated heterocycles. The second-order valence-corrected chi connectivity index (χ2v) is 6.28. The van der Waals surface area contributed by atoms with Gasteiger partial charge in [0.2, 0.25) is 5.01 Å². The summed E-state index contributed by atoms with van der Waals surface area (Å²) in [6.45, 7) is 0. The first-order chi connectivity index (χ1) is 10.5. The molecule has 0 fully saturated rings. The second kappa shape index (κ2) is 6.05. The highest BCUT2D eigenvalue weighted by Crippen LogP contribution is 2.35. The lowest BCUT2D eigenvalue weighted by Gasteiger charge is -2.04. The van der Waals surface area contributed by atoms with Crippen LogP contribution < -0.4 is 0 Å². The first-order valence-electron chi connectivity index (χ1n) is 6.02. The Kier molecular flexibility index (Phi) is 4.12. The van der Waals surface area contributed by atoms with Crippen LogP contribution in [0.2, 0.25) is 0 Å². The van der Waals surface area contributed by atoms with Gasteiger partial charge in [-0.1, -0.05) is 41.3 Å². The minimum atomic E-state index is -4.46. The first kappa shape index (κ1) is 15.0. The van der Waals surface area contributed by atoms with Crippen LogP contribution in [0.1, 0.15) is 10.8 Å². The average Bonchev–Trinajstić information content (AvgIpc) is 3.14. The van der Waals surface area contributed by atoms with Gasteiger partial charge in [-0.2, -0.15) is 18.3 Å². The van der Waals surface area contributed by atoms with Gasteiger partial charge in [0.1, 0.15) is 12.2 Å². The van der Waals surface area contributed by atoms with Crippen LogP contribution in [0.5, 0.6) is 0 Å². The largest absolute Gasteiger partial charge is 0.445 e. The van der Waals surface area contributed by atoms with Gasteiger partial charge >= 0.3 is 6.18 Å². The van der Waals surface area contributed by atoms with Crippen molar-refractivity contribution in [1.29, 1.82) is 0 Å². The zero-order valence-corrected chi connectivity index (χ0v) is 12.5. The number of nitrogens with zero attached hydrogens (tertiary/aromatic N) is 5. The molecule has 0 aliphatic rings. The maximum absolute atomic E-state index is 12.5. The number of hydrogen-bond donors (Lipinski definition) is 0. The Labute approximate surface area is 131 Å². The van der Waals surface area contributed by atoms with E-state index in [1.54, 1.807) is 4.68 Å². The predicted octanol–water partition coefficient (Wildman–Crippen LogP) is 3.43. The summed E-state index contributed by atoms with van der Waals surface area (Å²) in [6, 6.07) is 9.36.